The summed E-state index contributed by atoms with van der Waals surface area (Å²) in [6.07, 6.45) is 3.48. The van der Waals surface area contributed by atoms with E-state index in [1.165, 1.54) is 6.42 Å². The van der Waals surface area contributed by atoms with Crippen molar-refractivity contribution in [2.75, 3.05) is 27.2 Å². The topological polar surface area (TPSA) is 44.4 Å². The minimum Gasteiger partial charge on any atom is -0.347 e. The van der Waals surface area contributed by atoms with Gasteiger partial charge in [-0.05, 0) is 39.3 Å². The van der Waals surface area contributed by atoms with E-state index in [-0.39, 0.29) is 11.9 Å². The van der Waals surface area contributed by atoms with E-state index >= 15 is 0 Å². The Kier molecular flexibility index (Phi) is 5.05. The number of rotatable bonds is 3. The van der Waals surface area contributed by atoms with Crippen LogP contribution < -0.4 is 10.6 Å². The monoisotopic (exact) mass is 213 g/mol. The summed E-state index contributed by atoms with van der Waals surface area (Å²) < 4.78 is 0. The minimum atomic E-state index is -0.0666. The Morgan fingerprint density at radius 1 is 1.40 bits per heavy atom. The van der Waals surface area contributed by atoms with Gasteiger partial charge in [-0.1, -0.05) is 0 Å². The van der Waals surface area contributed by atoms with Gasteiger partial charge in [0.2, 0.25) is 5.91 Å². The number of nitrogens with one attached hydrogen (secondary N) is 2. The summed E-state index contributed by atoms with van der Waals surface area (Å²) >= 11 is 0. The minimum absolute atomic E-state index is 0.0666. The van der Waals surface area contributed by atoms with Crippen molar-refractivity contribution in [2.45, 2.75) is 38.3 Å². The smallest absolute Gasteiger partial charge is 0.238 e. The van der Waals surface area contributed by atoms with Crippen molar-refractivity contribution >= 4 is 5.91 Å². The van der Waals surface area contributed by atoms with Crippen LogP contribution in [0.3, 0.4) is 0 Å². The van der Waals surface area contributed by atoms with Gasteiger partial charge in [0.15, 0.2) is 0 Å². The molecule has 1 rings (SSSR count). The molecule has 1 amide bonds. The maximum atomic E-state index is 11.7. The van der Waals surface area contributed by atoms with Crippen molar-refractivity contribution in [3.05, 3.63) is 0 Å². The summed E-state index contributed by atoms with van der Waals surface area (Å²) in [6, 6.07) is 0.419. The second-order valence-electron chi connectivity index (χ2n) is 4.50. The third-order valence-electron chi connectivity index (χ3n) is 2.87. The lowest BCUT2D eigenvalue weighted by Crippen LogP contribution is -2.46. The van der Waals surface area contributed by atoms with Crippen LogP contribution in [-0.2, 0) is 4.79 Å². The number of nitrogens with zero attached hydrogens (tertiary/aromatic N) is 1. The Hall–Kier alpha value is -0.610. The first-order valence-electron chi connectivity index (χ1n) is 5.79. The van der Waals surface area contributed by atoms with Crippen LogP contribution in [0.1, 0.15) is 26.2 Å². The molecule has 1 saturated heterocycles. The highest BCUT2D eigenvalue weighted by atomic mass is 16.2. The molecule has 0 aromatic rings. The van der Waals surface area contributed by atoms with Crippen LogP contribution in [0.5, 0.6) is 0 Å². The zero-order chi connectivity index (χ0) is 11.3. The van der Waals surface area contributed by atoms with Gasteiger partial charge in [0.05, 0.1) is 6.04 Å². The van der Waals surface area contributed by atoms with Gasteiger partial charge in [0.1, 0.15) is 0 Å². The van der Waals surface area contributed by atoms with Crippen molar-refractivity contribution in [3.63, 3.8) is 0 Å². The molecular weight excluding hydrogens is 190 g/mol. The number of carbonyl (C=O) groups is 1. The fraction of sp³-hybridized carbons (Fsp3) is 0.909. The van der Waals surface area contributed by atoms with Gasteiger partial charge < -0.3 is 15.5 Å². The van der Waals surface area contributed by atoms with Crippen molar-refractivity contribution in [1.82, 2.24) is 15.5 Å². The molecule has 0 aromatic heterocycles. The van der Waals surface area contributed by atoms with Gasteiger partial charge in [-0.3, -0.25) is 4.79 Å². The molecular formula is C11H23N3O. The fourth-order valence-electron chi connectivity index (χ4n) is 2.00. The van der Waals surface area contributed by atoms with Gasteiger partial charge in [-0.15, -0.1) is 0 Å². The molecule has 1 heterocycles. The van der Waals surface area contributed by atoms with Crippen molar-refractivity contribution in [1.29, 1.82) is 0 Å². The lowest BCUT2D eigenvalue weighted by molar-refractivity contribution is -0.130. The van der Waals surface area contributed by atoms with Crippen LogP contribution in [0.4, 0.5) is 0 Å². The summed E-state index contributed by atoms with van der Waals surface area (Å²) in [5.41, 5.74) is 0. The molecule has 88 valence electrons. The fourth-order valence-corrected chi connectivity index (χ4v) is 2.00. The van der Waals surface area contributed by atoms with Gasteiger partial charge in [0.25, 0.3) is 0 Å². The molecule has 1 aliphatic heterocycles. The van der Waals surface area contributed by atoms with Crippen molar-refractivity contribution < 1.29 is 4.79 Å². The predicted molar refractivity (Wildman–Crippen MR) is 61.8 cm³/mol. The van der Waals surface area contributed by atoms with Crippen molar-refractivity contribution in [3.8, 4) is 0 Å². The molecule has 4 nitrogen and oxygen atoms in total. The second-order valence-corrected chi connectivity index (χ2v) is 4.50. The van der Waals surface area contributed by atoms with E-state index in [4.69, 9.17) is 0 Å². The number of amides is 1. The number of carbonyl (C=O) groups excluding carboxylic acids is 1. The molecule has 0 aromatic carbocycles. The molecule has 1 fully saturated rings. The Morgan fingerprint density at radius 2 is 2.13 bits per heavy atom. The molecule has 2 atom stereocenters. The molecule has 1 aliphatic rings. The van der Waals surface area contributed by atoms with E-state index in [0.29, 0.717) is 6.04 Å². The molecule has 2 unspecified atom stereocenters. The first-order chi connectivity index (χ1) is 7.11. The maximum absolute atomic E-state index is 11.7. The van der Waals surface area contributed by atoms with E-state index in [0.717, 1.165) is 25.9 Å². The molecule has 4 heteroatoms. The van der Waals surface area contributed by atoms with Crippen LogP contribution >= 0.6 is 0 Å². The maximum Gasteiger partial charge on any atom is 0.238 e. The van der Waals surface area contributed by atoms with E-state index in [1.807, 2.05) is 6.92 Å². The predicted octanol–water partition coefficient (Wildman–Crippen LogP) is 0.195. The van der Waals surface area contributed by atoms with Gasteiger partial charge >= 0.3 is 0 Å². The number of likely N-dealkylation sites (N-methyl/N-ethyl adjacent to an activating group) is 1. The summed E-state index contributed by atoms with van der Waals surface area (Å²) in [5, 5.41) is 6.78. The molecule has 0 spiro atoms. The SMILES string of the molecule is CC(NC1CCCNCC1)C(=O)N(C)C. The average molecular weight is 213 g/mol. The quantitative estimate of drug-likeness (QED) is 0.703. The molecule has 0 saturated carbocycles. The van der Waals surface area contributed by atoms with Crippen molar-refractivity contribution in [2.24, 2.45) is 0 Å². The van der Waals surface area contributed by atoms with Gasteiger partial charge in [0, 0.05) is 20.1 Å². The zero-order valence-electron chi connectivity index (χ0n) is 10.0. The van der Waals surface area contributed by atoms with Crippen LogP contribution in [-0.4, -0.2) is 50.1 Å². The summed E-state index contributed by atoms with van der Waals surface area (Å²) in [6.45, 7) is 4.11. The van der Waals surface area contributed by atoms with Crippen LogP contribution in [0.2, 0.25) is 0 Å². The third kappa shape index (κ3) is 4.18. The molecule has 15 heavy (non-hydrogen) atoms. The Balaban J connectivity index is 2.35. The van der Waals surface area contributed by atoms with Gasteiger partial charge in [-0.25, -0.2) is 0 Å². The molecule has 2 N–H and O–H groups in total. The Bertz CT molecular complexity index is 198. The molecule has 0 aliphatic carbocycles. The van der Waals surface area contributed by atoms with Crippen LogP contribution in [0.15, 0.2) is 0 Å². The first-order valence-corrected chi connectivity index (χ1v) is 5.79. The zero-order valence-corrected chi connectivity index (χ0v) is 10.0. The standard InChI is InChI=1S/C11H23N3O/c1-9(11(15)14(2)3)13-10-5-4-7-12-8-6-10/h9-10,12-13H,4-8H2,1-3H3. The second kappa shape index (κ2) is 6.08. The van der Waals surface area contributed by atoms with E-state index in [2.05, 4.69) is 10.6 Å². The summed E-state index contributed by atoms with van der Waals surface area (Å²) in [5.74, 6) is 0.159. The highest BCUT2D eigenvalue weighted by Crippen LogP contribution is 2.06. The number of hydrogen-bond donors (Lipinski definition) is 2. The lowest BCUT2D eigenvalue weighted by Gasteiger charge is -2.23. The highest BCUT2D eigenvalue weighted by Gasteiger charge is 2.19. The summed E-state index contributed by atoms with van der Waals surface area (Å²) in [7, 11) is 3.60. The van der Waals surface area contributed by atoms with E-state index in [1.54, 1.807) is 19.0 Å². The van der Waals surface area contributed by atoms with E-state index < -0.39 is 0 Å². The first kappa shape index (κ1) is 12.5. The average Bonchev–Trinajstić information content (AvgIpc) is 2.45. The van der Waals surface area contributed by atoms with E-state index in [9.17, 15) is 4.79 Å². The highest BCUT2D eigenvalue weighted by molar-refractivity contribution is 5.80. The van der Waals surface area contributed by atoms with Crippen LogP contribution in [0.25, 0.3) is 0 Å². The molecule has 0 radical (unpaired) electrons. The molecule has 0 bridgehead atoms. The number of hydrogen-bond acceptors (Lipinski definition) is 3. The summed E-state index contributed by atoms with van der Waals surface area (Å²) in [4.78, 5) is 13.3. The van der Waals surface area contributed by atoms with Gasteiger partial charge in [-0.2, -0.15) is 0 Å². The Morgan fingerprint density at radius 3 is 2.80 bits per heavy atom. The normalized spacial score (nSPS) is 24.3. The lowest BCUT2D eigenvalue weighted by atomic mass is 10.1. The largest absolute Gasteiger partial charge is 0.347 e. The Labute approximate surface area is 92.4 Å². The van der Waals surface area contributed by atoms with Crippen LogP contribution in [0, 0.1) is 0 Å². The third-order valence-corrected chi connectivity index (χ3v) is 2.87.